The molecule has 28 heavy (non-hydrogen) atoms. The molecule has 2 heterocycles. The van der Waals surface area contributed by atoms with E-state index >= 15 is 0 Å². The van der Waals surface area contributed by atoms with Crippen LogP contribution >= 0.6 is 11.6 Å². The zero-order valence-electron chi connectivity index (χ0n) is 15.9. The largest absolute Gasteiger partial charge is 0.496 e. The average Bonchev–Trinajstić information content (AvgIpc) is 3.26. The van der Waals surface area contributed by atoms with E-state index in [1.165, 1.54) is 18.1 Å². The summed E-state index contributed by atoms with van der Waals surface area (Å²) in [4.78, 5) is 27.1. The van der Waals surface area contributed by atoms with Gasteiger partial charge in [-0.1, -0.05) is 18.5 Å². The third kappa shape index (κ3) is 4.24. The first-order chi connectivity index (χ1) is 13.5. The Kier molecular flexibility index (Phi) is 6.45. The van der Waals surface area contributed by atoms with E-state index in [0.717, 1.165) is 19.3 Å². The van der Waals surface area contributed by atoms with Crippen LogP contribution in [-0.4, -0.2) is 63.7 Å². The molecule has 1 atom stereocenters. The molecule has 9 nitrogen and oxygen atoms in total. The second-order valence-electron chi connectivity index (χ2n) is 6.64. The van der Waals surface area contributed by atoms with Gasteiger partial charge in [-0.25, -0.2) is 0 Å². The van der Waals surface area contributed by atoms with Crippen molar-refractivity contribution in [3.8, 4) is 11.4 Å². The van der Waals surface area contributed by atoms with Crippen LogP contribution in [0, 0.1) is 5.92 Å². The van der Waals surface area contributed by atoms with Crippen LogP contribution in [-0.2, 0) is 4.79 Å². The third-order valence-electron chi connectivity index (χ3n) is 4.72. The van der Waals surface area contributed by atoms with Crippen LogP contribution in [0.1, 0.15) is 36.5 Å². The molecule has 0 radical (unpaired) electrons. The second kappa shape index (κ2) is 9.01. The monoisotopic (exact) mass is 406 g/mol. The molecule has 1 saturated heterocycles. The molecule has 0 saturated carbocycles. The van der Waals surface area contributed by atoms with Gasteiger partial charge in [-0.3, -0.25) is 9.59 Å². The molecule has 0 bridgehead atoms. The summed E-state index contributed by atoms with van der Waals surface area (Å²) >= 11 is 6.36. The molecule has 1 aromatic carbocycles. The van der Waals surface area contributed by atoms with E-state index in [1.807, 2.05) is 6.92 Å². The lowest BCUT2D eigenvalue weighted by Crippen LogP contribution is -2.45. The highest BCUT2D eigenvalue weighted by Gasteiger charge is 2.30. The minimum Gasteiger partial charge on any atom is -0.496 e. The fourth-order valence-corrected chi connectivity index (χ4v) is 3.51. The number of hydrogen-bond donors (Lipinski definition) is 1. The van der Waals surface area contributed by atoms with Gasteiger partial charge in [-0.15, -0.1) is 5.10 Å². The summed E-state index contributed by atoms with van der Waals surface area (Å²) in [5.41, 5.74) is 0.856. The lowest BCUT2D eigenvalue weighted by molar-refractivity contribution is -0.126. The van der Waals surface area contributed by atoms with Crippen molar-refractivity contribution in [1.29, 1.82) is 0 Å². The number of benzene rings is 1. The molecule has 10 heteroatoms. The van der Waals surface area contributed by atoms with Crippen LogP contribution in [0.25, 0.3) is 5.69 Å². The molecule has 1 fully saturated rings. The molecular weight excluding hydrogens is 384 g/mol. The number of carbonyl (C=O) groups excluding carboxylic acids is 2. The third-order valence-corrected chi connectivity index (χ3v) is 5.03. The van der Waals surface area contributed by atoms with E-state index in [2.05, 4.69) is 20.8 Å². The van der Waals surface area contributed by atoms with Crippen LogP contribution in [0.5, 0.6) is 5.75 Å². The van der Waals surface area contributed by atoms with Crippen molar-refractivity contribution in [2.24, 2.45) is 5.92 Å². The predicted octanol–water partition coefficient (Wildman–Crippen LogP) is 1.70. The van der Waals surface area contributed by atoms with Crippen LogP contribution < -0.4 is 10.1 Å². The van der Waals surface area contributed by atoms with Crippen LogP contribution in [0.2, 0.25) is 5.02 Å². The number of nitrogens with one attached hydrogen (secondary N) is 1. The number of rotatable bonds is 6. The molecule has 0 aliphatic carbocycles. The molecule has 1 N–H and O–H groups in total. The standard InChI is InChI=1S/C18H23ClN6O3/c1-3-6-20-17(26)12-5-4-7-24(10-12)18(27)13-8-14(19)15(9-16(13)28-2)25-11-21-22-23-25/h8-9,11-12H,3-7,10H2,1-2H3,(H,20,26). The molecule has 1 aromatic heterocycles. The molecular formula is C18H23ClN6O3. The van der Waals surface area contributed by atoms with Crippen LogP contribution in [0.4, 0.5) is 0 Å². The minimum absolute atomic E-state index is 0.00150. The van der Waals surface area contributed by atoms with Crippen LogP contribution in [0.3, 0.4) is 0 Å². The Morgan fingerprint density at radius 1 is 1.39 bits per heavy atom. The van der Waals surface area contributed by atoms with Crippen molar-refractivity contribution in [2.75, 3.05) is 26.7 Å². The maximum atomic E-state index is 13.1. The van der Waals surface area contributed by atoms with E-state index in [1.54, 1.807) is 17.0 Å². The first-order valence-corrected chi connectivity index (χ1v) is 9.60. The number of tetrazole rings is 1. The van der Waals surface area contributed by atoms with Crippen molar-refractivity contribution in [3.63, 3.8) is 0 Å². The Morgan fingerprint density at radius 3 is 2.89 bits per heavy atom. The fourth-order valence-electron chi connectivity index (χ4n) is 3.26. The smallest absolute Gasteiger partial charge is 0.257 e. The summed E-state index contributed by atoms with van der Waals surface area (Å²) in [7, 11) is 1.49. The van der Waals surface area contributed by atoms with Crippen molar-refractivity contribution < 1.29 is 14.3 Å². The Bertz CT molecular complexity index is 842. The number of ether oxygens (including phenoxy) is 1. The number of likely N-dealkylation sites (tertiary alicyclic amines) is 1. The Morgan fingerprint density at radius 2 is 2.21 bits per heavy atom. The van der Waals surface area contributed by atoms with Crippen LogP contribution in [0.15, 0.2) is 18.5 Å². The summed E-state index contributed by atoms with van der Waals surface area (Å²) in [6.45, 7) is 3.62. The Hall–Kier alpha value is -2.68. The number of carbonyl (C=O) groups is 2. The molecule has 0 spiro atoms. The maximum Gasteiger partial charge on any atom is 0.257 e. The van der Waals surface area contributed by atoms with Gasteiger partial charge in [-0.2, -0.15) is 4.68 Å². The second-order valence-corrected chi connectivity index (χ2v) is 7.05. The number of aromatic nitrogens is 4. The van der Waals surface area contributed by atoms with Crippen molar-refractivity contribution in [2.45, 2.75) is 26.2 Å². The lowest BCUT2D eigenvalue weighted by Gasteiger charge is -2.32. The zero-order chi connectivity index (χ0) is 20.1. The molecule has 1 aliphatic rings. The van der Waals surface area contributed by atoms with Crippen molar-refractivity contribution in [1.82, 2.24) is 30.4 Å². The highest BCUT2D eigenvalue weighted by Crippen LogP contribution is 2.31. The number of halogens is 1. The zero-order valence-corrected chi connectivity index (χ0v) is 16.6. The molecule has 150 valence electrons. The highest BCUT2D eigenvalue weighted by atomic mass is 35.5. The number of piperidine rings is 1. The first-order valence-electron chi connectivity index (χ1n) is 9.23. The summed E-state index contributed by atoms with van der Waals surface area (Å²) in [6, 6.07) is 3.18. The van der Waals surface area contributed by atoms with Gasteiger partial charge < -0.3 is 15.0 Å². The average molecular weight is 407 g/mol. The van der Waals surface area contributed by atoms with Gasteiger partial charge >= 0.3 is 0 Å². The Labute approximate surface area is 168 Å². The van der Waals surface area contributed by atoms with E-state index in [9.17, 15) is 9.59 Å². The molecule has 3 rings (SSSR count). The molecule has 2 aromatic rings. The molecule has 2 amide bonds. The molecule has 1 aliphatic heterocycles. The van der Waals surface area contributed by atoms with Gasteiger partial charge in [0.2, 0.25) is 5.91 Å². The minimum atomic E-state index is -0.213. The van der Waals surface area contributed by atoms with E-state index in [-0.39, 0.29) is 17.7 Å². The number of amides is 2. The van der Waals surface area contributed by atoms with E-state index < -0.39 is 0 Å². The predicted molar refractivity (Wildman–Crippen MR) is 103 cm³/mol. The van der Waals surface area contributed by atoms with Crippen molar-refractivity contribution in [3.05, 3.63) is 29.0 Å². The number of hydrogen-bond acceptors (Lipinski definition) is 6. The highest BCUT2D eigenvalue weighted by molar-refractivity contribution is 6.33. The topological polar surface area (TPSA) is 102 Å². The van der Waals surface area contributed by atoms with Gasteiger partial charge in [0.1, 0.15) is 12.1 Å². The lowest BCUT2D eigenvalue weighted by atomic mass is 9.96. The first kappa shape index (κ1) is 20.1. The quantitative estimate of drug-likeness (QED) is 0.783. The number of nitrogens with zero attached hydrogens (tertiary/aromatic N) is 5. The normalized spacial score (nSPS) is 16.7. The summed E-state index contributed by atoms with van der Waals surface area (Å²) in [5.74, 6) is -0.0444. The van der Waals surface area contributed by atoms with Gasteiger partial charge in [0.15, 0.2) is 0 Å². The van der Waals surface area contributed by atoms with Gasteiger partial charge in [0, 0.05) is 25.7 Å². The van der Waals surface area contributed by atoms with E-state index in [4.69, 9.17) is 16.3 Å². The van der Waals surface area contributed by atoms with Gasteiger partial charge in [0.05, 0.1) is 29.3 Å². The SMILES string of the molecule is CCCNC(=O)C1CCCN(C(=O)c2cc(Cl)c(-n3cnnn3)cc2OC)C1. The Balaban J connectivity index is 1.81. The fraction of sp³-hybridized carbons (Fsp3) is 0.500. The summed E-state index contributed by atoms with van der Waals surface area (Å²) < 4.78 is 6.81. The summed E-state index contributed by atoms with van der Waals surface area (Å²) in [6.07, 6.45) is 3.83. The van der Waals surface area contributed by atoms with Crippen molar-refractivity contribution >= 4 is 23.4 Å². The van der Waals surface area contributed by atoms with E-state index in [0.29, 0.717) is 41.7 Å². The van der Waals surface area contributed by atoms with Gasteiger partial charge in [-0.05, 0) is 35.8 Å². The van der Waals surface area contributed by atoms with Gasteiger partial charge in [0.25, 0.3) is 5.91 Å². The number of methoxy groups -OCH3 is 1. The molecule has 1 unspecified atom stereocenters. The maximum absolute atomic E-state index is 13.1. The summed E-state index contributed by atoms with van der Waals surface area (Å²) in [5, 5.41) is 14.2.